The summed E-state index contributed by atoms with van der Waals surface area (Å²) in [5.74, 6) is -3.83. The zero-order valence-electron chi connectivity index (χ0n) is 31.4. The number of fused-ring (bicyclic) bond motifs is 1. The monoisotopic (exact) mass is 814 g/mol. The zero-order chi connectivity index (χ0) is 41.1. The number of alkyl halides is 3. The third-order valence-electron chi connectivity index (χ3n) is 10.8. The van der Waals surface area contributed by atoms with Crippen LogP contribution in [0.15, 0.2) is 83.8 Å². The van der Waals surface area contributed by atoms with Crippen LogP contribution in [0.5, 0.6) is 11.5 Å². The Balaban J connectivity index is 1.10. The maximum atomic E-state index is 15.4. The van der Waals surface area contributed by atoms with Gasteiger partial charge < -0.3 is 29.6 Å². The molecule has 0 aliphatic heterocycles. The fourth-order valence-electron chi connectivity index (χ4n) is 7.49. The first-order chi connectivity index (χ1) is 27.0. The average molecular weight is 815 g/mol. The standard InChI is InChI=1S/C41H42F4N2O9S/c1-40(39(50)55-23-25-10-6-9-24-8-4-5-13-29(24)25)18-16-27(17-19-40)56-35-21-31(34(54-3)22-32(35)42)38(49)47-36-30(14-15-33(36)53-2)37(48)46-26-11-7-12-28(20-26)57(51,52)41(43,44)45/h4-13,20-22,27,30,33,36H,14-19,23H2,1-3H3,(H,46,48)(H,47,49)/t27-,30-,33+,36-,40+/m0/s1. The summed E-state index contributed by atoms with van der Waals surface area (Å²) >= 11 is 0. The fraction of sp³-hybridized carbons (Fsp3) is 0.390. The van der Waals surface area contributed by atoms with Gasteiger partial charge in [-0.05, 0) is 86.1 Å². The highest BCUT2D eigenvalue weighted by molar-refractivity contribution is 7.92. The Morgan fingerprint density at radius 1 is 0.877 bits per heavy atom. The van der Waals surface area contributed by atoms with E-state index in [-0.39, 0.29) is 41.7 Å². The van der Waals surface area contributed by atoms with E-state index in [2.05, 4.69) is 10.6 Å². The molecular weight excluding hydrogens is 773 g/mol. The Morgan fingerprint density at radius 3 is 2.28 bits per heavy atom. The lowest BCUT2D eigenvalue weighted by molar-refractivity contribution is -0.159. The van der Waals surface area contributed by atoms with Crippen LogP contribution in [0.3, 0.4) is 0 Å². The number of hydrogen-bond acceptors (Lipinski definition) is 9. The summed E-state index contributed by atoms with van der Waals surface area (Å²) in [4.78, 5) is 39.5. The maximum Gasteiger partial charge on any atom is 0.501 e. The average Bonchev–Trinajstić information content (AvgIpc) is 3.60. The van der Waals surface area contributed by atoms with E-state index in [0.717, 1.165) is 34.5 Å². The van der Waals surface area contributed by atoms with Crippen molar-refractivity contribution in [3.8, 4) is 11.5 Å². The van der Waals surface area contributed by atoms with Gasteiger partial charge in [-0.25, -0.2) is 12.8 Å². The molecule has 0 radical (unpaired) electrons. The SMILES string of the molecule is COc1cc(F)c(O[C@H]2CC[C@@](C)(C(=O)OCc3cccc4ccccc34)CC2)cc1C(=O)N[C@H]1[C@@H](C(=O)Nc2cccc(S(=O)(=O)C(F)(F)F)c2)CC[C@H]1OC. The third kappa shape index (κ3) is 8.86. The lowest BCUT2D eigenvalue weighted by Gasteiger charge is -2.35. The first-order valence-electron chi connectivity index (χ1n) is 18.3. The minimum atomic E-state index is -5.67. The minimum absolute atomic E-state index is 0.0995. The van der Waals surface area contributed by atoms with Crippen LogP contribution in [-0.4, -0.2) is 64.2 Å². The molecular formula is C41H42F4N2O9S. The second-order valence-corrected chi connectivity index (χ2v) is 16.4. The smallest absolute Gasteiger partial charge is 0.496 e. The third-order valence-corrected chi connectivity index (χ3v) is 12.3. The van der Waals surface area contributed by atoms with Crippen molar-refractivity contribution in [2.75, 3.05) is 19.5 Å². The van der Waals surface area contributed by atoms with Crippen LogP contribution in [-0.2, 0) is 35.5 Å². The number of hydrogen-bond donors (Lipinski definition) is 2. The normalized spacial score (nSPS) is 22.4. The molecule has 2 fully saturated rings. The van der Waals surface area contributed by atoms with Crippen molar-refractivity contribution in [3.05, 3.63) is 95.8 Å². The molecule has 0 aromatic heterocycles. The summed E-state index contributed by atoms with van der Waals surface area (Å²) in [6.45, 7) is 1.96. The number of nitrogens with one attached hydrogen (secondary N) is 2. The number of anilines is 1. The van der Waals surface area contributed by atoms with E-state index in [1.54, 1.807) is 0 Å². The van der Waals surface area contributed by atoms with Gasteiger partial charge in [-0.2, -0.15) is 13.2 Å². The summed E-state index contributed by atoms with van der Waals surface area (Å²) in [6, 6.07) is 18.7. The van der Waals surface area contributed by atoms with Gasteiger partial charge in [0.2, 0.25) is 5.91 Å². The van der Waals surface area contributed by atoms with Gasteiger partial charge in [0.1, 0.15) is 12.4 Å². The molecule has 0 bridgehead atoms. The molecule has 0 saturated heterocycles. The summed E-state index contributed by atoms with van der Waals surface area (Å²) in [7, 11) is -3.02. The van der Waals surface area contributed by atoms with Crippen LogP contribution in [0.25, 0.3) is 10.8 Å². The molecule has 57 heavy (non-hydrogen) atoms. The molecule has 6 rings (SSSR count). The molecule has 2 aliphatic carbocycles. The molecule has 16 heteroatoms. The summed E-state index contributed by atoms with van der Waals surface area (Å²) in [5, 5.41) is 7.27. The van der Waals surface area contributed by atoms with E-state index >= 15 is 4.39 Å². The van der Waals surface area contributed by atoms with E-state index in [9.17, 15) is 36.0 Å². The molecule has 304 valence electrons. The van der Waals surface area contributed by atoms with Crippen LogP contribution < -0.4 is 20.1 Å². The number of amides is 2. The van der Waals surface area contributed by atoms with E-state index < -0.39 is 67.5 Å². The highest BCUT2D eigenvalue weighted by Crippen LogP contribution is 2.40. The van der Waals surface area contributed by atoms with Crippen LogP contribution >= 0.6 is 0 Å². The number of benzene rings is 4. The Bertz CT molecular complexity index is 2250. The van der Waals surface area contributed by atoms with Crippen molar-refractivity contribution in [2.45, 2.75) is 80.7 Å². The first kappa shape index (κ1) is 41.4. The molecule has 2 aliphatic rings. The second kappa shape index (κ2) is 16.7. The van der Waals surface area contributed by atoms with Crippen LogP contribution in [0.1, 0.15) is 61.4 Å². The van der Waals surface area contributed by atoms with Crippen LogP contribution in [0, 0.1) is 17.2 Å². The van der Waals surface area contributed by atoms with Gasteiger partial charge in [-0.1, -0.05) is 48.5 Å². The highest BCUT2D eigenvalue weighted by Gasteiger charge is 2.47. The summed E-state index contributed by atoms with van der Waals surface area (Å²) in [5.41, 5.74) is -5.72. The van der Waals surface area contributed by atoms with Crippen molar-refractivity contribution >= 4 is 44.1 Å². The molecule has 0 spiro atoms. The second-order valence-electron chi connectivity index (χ2n) is 14.5. The number of ether oxygens (including phenoxy) is 4. The van der Waals surface area contributed by atoms with Crippen LogP contribution in [0.4, 0.5) is 23.2 Å². The lowest BCUT2D eigenvalue weighted by Crippen LogP contribution is -2.48. The van der Waals surface area contributed by atoms with Crippen molar-refractivity contribution < 1.29 is 59.3 Å². The predicted molar refractivity (Wildman–Crippen MR) is 201 cm³/mol. The van der Waals surface area contributed by atoms with Gasteiger partial charge in [-0.15, -0.1) is 0 Å². The van der Waals surface area contributed by atoms with Gasteiger partial charge >= 0.3 is 11.5 Å². The van der Waals surface area contributed by atoms with Crippen LogP contribution in [0.2, 0.25) is 0 Å². The number of carbonyl (C=O) groups is 3. The van der Waals surface area contributed by atoms with Gasteiger partial charge in [0.15, 0.2) is 11.6 Å². The predicted octanol–water partition coefficient (Wildman–Crippen LogP) is 7.51. The molecule has 0 heterocycles. The van der Waals surface area contributed by atoms with Gasteiger partial charge in [0.05, 0.1) is 47.2 Å². The molecule has 4 aromatic carbocycles. The Labute approximate surface area is 326 Å². The first-order valence-corrected chi connectivity index (χ1v) is 19.8. The quantitative estimate of drug-likeness (QED) is 0.110. The van der Waals surface area contributed by atoms with Crippen molar-refractivity contribution in [2.24, 2.45) is 11.3 Å². The van der Waals surface area contributed by atoms with E-state index in [0.29, 0.717) is 38.2 Å². The van der Waals surface area contributed by atoms with Crippen molar-refractivity contribution in [1.82, 2.24) is 5.32 Å². The Kier molecular flexibility index (Phi) is 12.1. The minimum Gasteiger partial charge on any atom is -0.496 e. The van der Waals surface area contributed by atoms with Gasteiger partial charge in [0, 0.05) is 18.9 Å². The molecule has 2 N–H and O–H groups in total. The van der Waals surface area contributed by atoms with Gasteiger partial charge in [-0.3, -0.25) is 14.4 Å². The molecule has 4 aromatic rings. The fourth-order valence-corrected chi connectivity index (χ4v) is 8.30. The molecule has 0 unspecified atom stereocenters. The van der Waals surface area contributed by atoms with Crippen molar-refractivity contribution in [1.29, 1.82) is 0 Å². The molecule has 11 nitrogen and oxygen atoms in total. The number of methoxy groups -OCH3 is 2. The Hall–Kier alpha value is -5.22. The number of esters is 1. The zero-order valence-corrected chi connectivity index (χ0v) is 32.2. The number of rotatable bonds is 12. The topological polar surface area (TPSA) is 146 Å². The number of halogens is 4. The largest absolute Gasteiger partial charge is 0.501 e. The molecule has 3 atom stereocenters. The summed E-state index contributed by atoms with van der Waals surface area (Å²) < 4.78 is 101. The summed E-state index contributed by atoms with van der Waals surface area (Å²) in [6.07, 6.45) is 1.06. The Morgan fingerprint density at radius 2 is 1.58 bits per heavy atom. The molecule has 2 saturated carbocycles. The number of sulfone groups is 1. The van der Waals surface area contributed by atoms with Crippen molar-refractivity contribution in [3.63, 3.8) is 0 Å². The van der Waals surface area contributed by atoms with E-state index in [1.807, 2.05) is 49.4 Å². The van der Waals surface area contributed by atoms with Gasteiger partial charge in [0.25, 0.3) is 15.7 Å². The number of carbonyl (C=O) groups excluding carboxylic acids is 3. The molecule has 2 amide bonds. The maximum absolute atomic E-state index is 15.4. The highest BCUT2D eigenvalue weighted by atomic mass is 32.2. The van der Waals surface area contributed by atoms with E-state index in [1.165, 1.54) is 26.4 Å². The van der Waals surface area contributed by atoms with E-state index in [4.69, 9.17) is 18.9 Å². The lowest BCUT2D eigenvalue weighted by atomic mass is 9.74.